The van der Waals surface area contributed by atoms with Crippen molar-refractivity contribution in [2.75, 3.05) is 37.6 Å². The maximum atomic E-state index is 11.9. The fourth-order valence-corrected chi connectivity index (χ4v) is 4.90. The third-order valence-corrected chi connectivity index (χ3v) is 6.89. The first-order valence-corrected chi connectivity index (χ1v) is 11.8. The zero-order valence-electron chi connectivity index (χ0n) is 18.2. The first-order chi connectivity index (χ1) is 15.1. The van der Waals surface area contributed by atoms with Crippen LogP contribution in [0.2, 0.25) is 5.02 Å². The van der Waals surface area contributed by atoms with Crippen LogP contribution in [0.25, 0.3) is 0 Å². The number of piperazine rings is 1. The number of nitrogens with one attached hydrogen (secondary N) is 1. The van der Waals surface area contributed by atoms with Gasteiger partial charge in [-0.1, -0.05) is 17.7 Å². The second-order valence-electron chi connectivity index (χ2n) is 8.66. The van der Waals surface area contributed by atoms with E-state index in [9.17, 15) is 10.1 Å². The lowest BCUT2D eigenvalue weighted by molar-refractivity contribution is -0.122. The van der Waals surface area contributed by atoms with Gasteiger partial charge >= 0.3 is 0 Å². The van der Waals surface area contributed by atoms with Crippen molar-refractivity contribution in [2.24, 2.45) is 5.92 Å². The van der Waals surface area contributed by atoms with Gasteiger partial charge in [-0.05, 0) is 63.1 Å². The third kappa shape index (κ3) is 6.86. The highest BCUT2D eigenvalue weighted by atomic mass is 35.5. The number of amides is 1. The molecule has 1 aromatic carbocycles. The Hall–Kier alpha value is -2.28. The molecule has 31 heavy (non-hydrogen) atoms. The molecular formula is C24H32ClN5O. The number of benzene rings is 1. The molecule has 1 saturated heterocycles. The van der Waals surface area contributed by atoms with Crippen molar-refractivity contribution >= 4 is 23.2 Å². The Bertz CT molecular complexity index is 814. The van der Waals surface area contributed by atoms with Crippen molar-refractivity contribution in [2.45, 2.75) is 57.4 Å². The van der Waals surface area contributed by atoms with Crippen LogP contribution < -0.4 is 10.2 Å². The smallest absolute Gasteiger partial charge is 0.220 e. The van der Waals surface area contributed by atoms with Crippen LogP contribution in [0.4, 0.5) is 5.69 Å². The minimum Gasteiger partial charge on any atom is -0.368 e. The van der Waals surface area contributed by atoms with E-state index < -0.39 is 0 Å². The molecule has 1 amide bonds. The summed E-state index contributed by atoms with van der Waals surface area (Å²) in [6, 6.07) is 10.3. The van der Waals surface area contributed by atoms with Crippen LogP contribution in [0.15, 0.2) is 18.2 Å². The van der Waals surface area contributed by atoms with Crippen molar-refractivity contribution in [3.05, 3.63) is 28.8 Å². The summed E-state index contributed by atoms with van der Waals surface area (Å²) >= 11 is 6.19. The van der Waals surface area contributed by atoms with Crippen LogP contribution >= 0.6 is 11.6 Å². The Balaban J connectivity index is 1.34. The van der Waals surface area contributed by atoms with Crippen molar-refractivity contribution in [1.29, 1.82) is 10.5 Å². The van der Waals surface area contributed by atoms with Crippen molar-refractivity contribution in [3.63, 3.8) is 0 Å². The van der Waals surface area contributed by atoms with E-state index in [1.165, 1.54) is 19.3 Å². The molecule has 2 fully saturated rings. The number of unbranched alkanes of at least 4 members (excludes halogenated alkanes) is 1. The second kappa shape index (κ2) is 11.9. The Morgan fingerprint density at radius 2 is 1.87 bits per heavy atom. The Kier molecular flexibility index (Phi) is 9.00. The molecular weight excluding hydrogens is 410 g/mol. The molecule has 1 heterocycles. The van der Waals surface area contributed by atoms with Gasteiger partial charge in [0.1, 0.15) is 6.07 Å². The lowest BCUT2D eigenvalue weighted by Crippen LogP contribution is -2.47. The standard InChI is InChI=1S/C24H32ClN5O/c25-22-4-3-5-23(21(22)18-27)30-16-14-29(15-17-30)13-11-19-7-9-20(10-8-19)28-24(31)6-1-2-12-26/h3-5,19-20H,1-2,6-11,13-17H2,(H,28,31). The zero-order chi connectivity index (χ0) is 22.1. The van der Waals surface area contributed by atoms with E-state index in [4.69, 9.17) is 16.9 Å². The van der Waals surface area contributed by atoms with E-state index in [-0.39, 0.29) is 5.91 Å². The Labute approximate surface area is 190 Å². The number of nitriles is 2. The molecule has 1 N–H and O–H groups in total. The maximum absolute atomic E-state index is 11.9. The number of nitrogens with zero attached hydrogens (tertiary/aromatic N) is 4. The van der Waals surface area contributed by atoms with E-state index in [2.05, 4.69) is 27.3 Å². The van der Waals surface area contributed by atoms with Crippen LogP contribution in [0.3, 0.4) is 0 Å². The molecule has 1 aliphatic carbocycles. The first kappa shape index (κ1) is 23.4. The molecule has 6 nitrogen and oxygen atoms in total. The molecule has 0 spiro atoms. The molecule has 1 saturated carbocycles. The average molecular weight is 442 g/mol. The minimum absolute atomic E-state index is 0.0934. The molecule has 1 aliphatic heterocycles. The maximum Gasteiger partial charge on any atom is 0.220 e. The Morgan fingerprint density at radius 3 is 2.55 bits per heavy atom. The SMILES string of the molecule is N#CCCCC(=O)NC1CCC(CCN2CCN(c3cccc(Cl)c3C#N)CC2)CC1. The number of rotatable bonds is 8. The molecule has 1 aromatic rings. The van der Waals surface area contributed by atoms with Gasteiger partial charge in [0.05, 0.1) is 22.3 Å². The third-order valence-electron chi connectivity index (χ3n) is 6.57. The minimum atomic E-state index is 0.0934. The van der Waals surface area contributed by atoms with Gasteiger partial charge in [0.2, 0.25) is 5.91 Å². The summed E-state index contributed by atoms with van der Waals surface area (Å²) in [5, 5.41) is 21.7. The summed E-state index contributed by atoms with van der Waals surface area (Å²) in [5.74, 6) is 0.832. The quantitative estimate of drug-likeness (QED) is 0.614. The summed E-state index contributed by atoms with van der Waals surface area (Å²) < 4.78 is 0. The summed E-state index contributed by atoms with van der Waals surface area (Å²) in [7, 11) is 0. The molecule has 2 aliphatic rings. The van der Waals surface area contributed by atoms with Gasteiger partial charge in [0.25, 0.3) is 0 Å². The van der Waals surface area contributed by atoms with E-state index in [0.717, 1.165) is 57.2 Å². The number of halogens is 1. The van der Waals surface area contributed by atoms with Crippen LogP contribution in [-0.4, -0.2) is 49.6 Å². The topological polar surface area (TPSA) is 83.2 Å². The van der Waals surface area contributed by atoms with E-state index in [1.54, 1.807) is 6.07 Å². The normalized spacial score (nSPS) is 21.8. The van der Waals surface area contributed by atoms with E-state index in [1.807, 2.05) is 12.1 Å². The van der Waals surface area contributed by atoms with Crippen molar-refractivity contribution in [1.82, 2.24) is 10.2 Å². The number of anilines is 1. The lowest BCUT2D eigenvalue weighted by Gasteiger charge is -2.37. The predicted octanol–water partition coefficient (Wildman–Crippen LogP) is 4.09. The Morgan fingerprint density at radius 1 is 1.13 bits per heavy atom. The molecule has 166 valence electrons. The molecule has 0 bridgehead atoms. The van der Waals surface area contributed by atoms with Gasteiger partial charge in [0, 0.05) is 45.1 Å². The van der Waals surface area contributed by atoms with Gasteiger partial charge in [0.15, 0.2) is 0 Å². The molecule has 0 radical (unpaired) electrons. The molecule has 0 atom stereocenters. The summed E-state index contributed by atoms with van der Waals surface area (Å²) in [6.45, 7) is 4.96. The zero-order valence-corrected chi connectivity index (χ0v) is 18.9. The largest absolute Gasteiger partial charge is 0.368 e. The predicted molar refractivity (Wildman–Crippen MR) is 123 cm³/mol. The summed E-state index contributed by atoms with van der Waals surface area (Å²) in [6.07, 6.45) is 7.26. The van der Waals surface area contributed by atoms with Gasteiger partial charge < -0.3 is 10.2 Å². The highest BCUT2D eigenvalue weighted by Crippen LogP contribution is 2.29. The fraction of sp³-hybridized carbons (Fsp3) is 0.625. The average Bonchev–Trinajstić information content (AvgIpc) is 2.79. The van der Waals surface area contributed by atoms with Gasteiger partial charge in [-0.15, -0.1) is 0 Å². The van der Waals surface area contributed by atoms with Crippen molar-refractivity contribution in [3.8, 4) is 12.1 Å². The van der Waals surface area contributed by atoms with Crippen molar-refractivity contribution < 1.29 is 4.79 Å². The lowest BCUT2D eigenvalue weighted by atomic mass is 9.84. The fourth-order valence-electron chi connectivity index (χ4n) is 4.69. The van der Waals surface area contributed by atoms with Crippen LogP contribution in [-0.2, 0) is 4.79 Å². The highest BCUT2D eigenvalue weighted by molar-refractivity contribution is 6.32. The number of hydrogen-bond donors (Lipinski definition) is 1. The van der Waals surface area contributed by atoms with Gasteiger partial charge in [-0.25, -0.2) is 0 Å². The molecule has 0 unspecified atom stereocenters. The molecule has 7 heteroatoms. The summed E-state index contributed by atoms with van der Waals surface area (Å²) in [5.41, 5.74) is 1.52. The van der Waals surface area contributed by atoms with Gasteiger partial charge in [-0.3, -0.25) is 9.69 Å². The van der Waals surface area contributed by atoms with Crippen LogP contribution in [0.5, 0.6) is 0 Å². The number of carbonyl (C=O) groups excluding carboxylic acids is 1. The van der Waals surface area contributed by atoms with Crippen LogP contribution in [0.1, 0.15) is 56.9 Å². The monoisotopic (exact) mass is 441 g/mol. The number of hydrogen-bond acceptors (Lipinski definition) is 5. The van der Waals surface area contributed by atoms with E-state index in [0.29, 0.717) is 35.9 Å². The molecule has 0 aromatic heterocycles. The highest BCUT2D eigenvalue weighted by Gasteiger charge is 2.24. The van der Waals surface area contributed by atoms with Crippen LogP contribution in [0, 0.1) is 28.6 Å². The molecule has 3 rings (SSSR count). The first-order valence-electron chi connectivity index (χ1n) is 11.4. The summed E-state index contributed by atoms with van der Waals surface area (Å²) in [4.78, 5) is 16.7. The van der Waals surface area contributed by atoms with E-state index >= 15 is 0 Å². The second-order valence-corrected chi connectivity index (χ2v) is 9.07. The number of carbonyl (C=O) groups is 1. The van der Waals surface area contributed by atoms with Gasteiger partial charge in [-0.2, -0.15) is 10.5 Å².